The number of benzene rings is 2. The number of nitrogens with zero attached hydrogens (tertiary/aromatic N) is 5. The molecule has 38 heavy (non-hydrogen) atoms. The number of carbonyl (C=O) groups is 1. The van der Waals surface area contributed by atoms with Crippen LogP contribution in [0.2, 0.25) is 0 Å². The van der Waals surface area contributed by atoms with Gasteiger partial charge in [-0.2, -0.15) is 4.31 Å². The number of rotatable bonds is 7. The number of sulfonamides is 1. The fourth-order valence-corrected chi connectivity index (χ4v) is 5.96. The molecule has 14 heteroatoms. The molecule has 1 aromatic heterocycles. The van der Waals surface area contributed by atoms with Gasteiger partial charge in [0.25, 0.3) is 5.69 Å². The average molecular weight is 544 g/mol. The van der Waals surface area contributed by atoms with Crippen molar-refractivity contribution in [3.8, 4) is 17.2 Å². The van der Waals surface area contributed by atoms with Crippen LogP contribution in [0.4, 0.5) is 11.4 Å². The molecule has 0 unspecified atom stereocenters. The number of hydrogen-bond donors (Lipinski definition) is 0. The number of esters is 1. The third kappa shape index (κ3) is 5.37. The Morgan fingerprint density at radius 2 is 1.76 bits per heavy atom. The predicted molar refractivity (Wildman–Crippen MR) is 133 cm³/mol. The number of aromatic nitrogens is 2. The molecule has 0 N–H and O–H groups in total. The molecule has 2 fully saturated rings. The SMILES string of the molecule is O=C(Oc1ccc(-c2nnco2)cc1)C1CCN(c2ccc(S(=O)(=O)N3CCOCC3)cc2[N+](=O)[O-])CC1. The van der Waals surface area contributed by atoms with Gasteiger partial charge in [-0.05, 0) is 49.2 Å². The van der Waals surface area contributed by atoms with E-state index < -0.39 is 14.9 Å². The standard InChI is InChI=1S/C24H25N5O8S/c30-24(37-19-3-1-17(2-4-19)23-26-25-16-36-23)18-7-9-27(10-8-18)21-6-5-20(15-22(21)29(31)32)38(33,34)28-11-13-35-14-12-28/h1-6,15-16,18H,7-14H2. The maximum Gasteiger partial charge on any atom is 0.314 e. The van der Waals surface area contributed by atoms with E-state index in [4.69, 9.17) is 13.9 Å². The van der Waals surface area contributed by atoms with E-state index in [1.54, 1.807) is 29.2 Å². The van der Waals surface area contributed by atoms with Gasteiger partial charge in [0.15, 0.2) is 0 Å². The van der Waals surface area contributed by atoms with Gasteiger partial charge in [-0.25, -0.2) is 8.42 Å². The molecular weight excluding hydrogens is 518 g/mol. The molecule has 0 radical (unpaired) electrons. The van der Waals surface area contributed by atoms with Crippen LogP contribution in [-0.4, -0.2) is 73.2 Å². The lowest BCUT2D eigenvalue weighted by Gasteiger charge is -2.32. The van der Waals surface area contributed by atoms with E-state index in [2.05, 4.69) is 10.2 Å². The van der Waals surface area contributed by atoms with Crippen LogP contribution >= 0.6 is 0 Å². The molecule has 0 saturated carbocycles. The van der Waals surface area contributed by atoms with Crippen LogP contribution in [0.15, 0.2) is 58.2 Å². The second kappa shape index (κ2) is 10.8. The fraction of sp³-hybridized carbons (Fsp3) is 0.375. The summed E-state index contributed by atoms with van der Waals surface area (Å²) in [5.74, 6) is -0.0111. The highest BCUT2D eigenvalue weighted by atomic mass is 32.2. The van der Waals surface area contributed by atoms with Crippen LogP contribution in [-0.2, 0) is 19.6 Å². The van der Waals surface area contributed by atoms with E-state index >= 15 is 0 Å². The van der Waals surface area contributed by atoms with Crippen molar-refractivity contribution in [3.05, 3.63) is 59.0 Å². The van der Waals surface area contributed by atoms with Crippen LogP contribution in [0.1, 0.15) is 12.8 Å². The quantitative estimate of drug-likeness (QED) is 0.186. The molecule has 2 aliphatic rings. The van der Waals surface area contributed by atoms with Crippen molar-refractivity contribution in [3.63, 3.8) is 0 Å². The third-order valence-electron chi connectivity index (χ3n) is 6.60. The molecule has 200 valence electrons. The fourth-order valence-electron chi connectivity index (χ4n) is 4.53. The number of ether oxygens (including phenoxy) is 2. The number of anilines is 1. The Morgan fingerprint density at radius 1 is 1.05 bits per heavy atom. The first-order valence-electron chi connectivity index (χ1n) is 12.0. The highest BCUT2D eigenvalue weighted by Gasteiger charge is 2.32. The van der Waals surface area contributed by atoms with E-state index in [9.17, 15) is 23.3 Å². The van der Waals surface area contributed by atoms with Crippen LogP contribution in [0, 0.1) is 16.0 Å². The van der Waals surface area contributed by atoms with Gasteiger partial charge < -0.3 is 18.8 Å². The first kappa shape index (κ1) is 25.8. The average Bonchev–Trinajstić information content (AvgIpc) is 3.49. The largest absolute Gasteiger partial charge is 0.426 e. The van der Waals surface area contributed by atoms with Crippen LogP contribution in [0.3, 0.4) is 0 Å². The van der Waals surface area contributed by atoms with E-state index in [0.29, 0.717) is 48.8 Å². The molecule has 2 aliphatic heterocycles. The molecule has 0 spiro atoms. The van der Waals surface area contributed by atoms with Crippen LogP contribution in [0.5, 0.6) is 5.75 Å². The van der Waals surface area contributed by atoms with Crippen LogP contribution in [0.25, 0.3) is 11.5 Å². The molecule has 0 amide bonds. The molecule has 0 bridgehead atoms. The Kier molecular flexibility index (Phi) is 7.35. The third-order valence-corrected chi connectivity index (χ3v) is 8.49. The van der Waals surface area contributed by atoms with Crippen molar-refractivity contribution in [2.45, 2.75) is 17.7 Å². The minimum Gasteiger partial charge on any atom is -0.426 e. The highest BCUT2D eigenvalue weighted by Crippen LogP contribution is 2.35. The van der Waals surface area contributed by atoms with Gasteiger partial charge in [0, 0.05) is 37.8 Å². The van der Waals surface area contributed by atoms with Crippen LogP contribution < -0.4 is 9.64 Å². The minimum atomic E-state index is -3.87. The molecule has 2 aromatic carbocycles. The van der Waals surface area contributed by atoms with Crippen molar-refractivity contribution < 1.29 is 32.0 Å². The van der Waals surface area contributed by atoms with Gasteiger partial charge in [0.05, 0.1) is 29.0 Å². The normalized spacial score (nSPS) is 17.3. The van der Waals surface area contributed by atoms with Gasteiger partial charge in [-0.15, -0.1) is 10.2 Å². The maximum absolute atomic E-state index is 13.0. The molecular formula is C24H25N5O8S. The summed E-state index contributed by atoms with van der Waals surface area (Å²) in [7, 11) is -3.87. The van der Waals surface area contributed by atoms with Gasteiger partial charge in [-0.1, -0.05) is 0 Å². The van der Waals surface area contributed by atoms with E-state index in [-0.39, 0.29) is 48.8 Å². The summed E-state index contributed by atoms with van der Waals surface area (Å²) in [5.41, 5.74) is 0.724. The second-order valence-electron chi connectivity index (χ2n) is 8.87. The summed E-state index contributed by atoms with van der Waals surface area (Å²) < 4.78 is 43.1. The zero-order valence-corrected chi connectivity index (χ0v) is 21.1. The Bertz CT molecular complexity index is 1400. The molecule has 0 aliphatic carbocycles. The summed E-state index contributed by atoms with van der Waals surface area (Å²) >= 11 is 0. The predicted octanol–water partition coefficient (Wildman–Crippen LogP) is 2.49. The van der Waals surface area contributed by atoms with Crippen molar-refractivity contribution >= 4 is 27.4 Å². The molecule has 0 atom stereocenters. The van der Waals surface area contributed by atoms with Gasteiger partial charge >= 0.3 is 5.97 Å². The number of carbonyl (C=O) groups excluding carboxylic acids is 1. The van der Waals surface area contributed by atoms with E-state index in [0.717, 1.165) is 6.07 Å². The summed E-state index contributed by atoms with van der Waals surface area (Å²) in [6.07, 6.45) is 2.10. The summed E-state index contributed by atoms with van der Waals surface area (Å²) in [5, 5.41) is 19.3. The van der Waals surface area contributed by atoms with Gasteiger partial charge in [0.1, 0.15) is 11.4 Å². The van der Waals surface area contributed by atoms with Crippen molar-refractivity contribution in [2.24, 2.45) is 5.92 Å². The van der Waals surface area contributed by atoms with E-state index in [1.165, 1.54) is 22.8 Å². The Balaban J connectivity index is 1.23. The molecule has 5 rings (SSSR count). The first-order chi connectivity index (χ1) is 18.3. The highest BCUT2D eigenvalue weighted by molar-refractivity contribution is 7.89. The lowest BCUT2D eigenvalue weighted by Crippen LogP contribution is -2.40. The van der Waals surface area contributed by atoms with E-state index in [1.807, 2.05) is 0 Å². The molecule has 3 heterocycles. The topological polar surface area (TPSA) is 158 Å². The lowest BCUT2D eigenvalue weighted by molar-refractivity contribution is -0.384. The maximum atomic E-state index is 13.0. The van der Waals surface area contributed by atoms with Gasteiger partial charge in [-0.3, -0.25) is 14.9 Å². The Labute approximate surface area is 218 Å². The zero-order valence-electron chi connectivity index (χ0n) is 20.3. The summed E-state index contributed by atoms with van der Waals surface area (Å²) in [6.45, 7) is 1.72. The van der Waals surface area contributed by atoms with Gasteiger partial charge in [0.2, 0.25) is 22.3 Å². The number of nitro groups is 1. The number of hydrogen-bond acceptors (Lipinski definition) is 11. The molecule has 13 nitrogen and oxygen atoms in total. The Morgan fingerprint density at radius 3 is 2.39 bits per heavy atom. The van der Waals surface area contributed by atoms with Crippen molar-refractivity contribution in [2.75, 3.05) is 44.3 Å². The summed E-state index contributed by atoms with van der Waals surface area (Å²) in [6, 6.07) is 10.7. The first-order valence-corrected chi connectivity index (χ1v) is 13.5. The van der Waals surface area contributed by atoms with Crippen molar-refractivity contribution in [1.29, 1.82) is 0 Å². The minimum absolute atomic E-state index is 0.126. The number of morpholine rings is 1. The molecule has 2 saturated heterocycles. The lowest BCUT2D eigenvalue weighted by atomic mass is 9.96. The number of piperidine rings is 1. The van der Waals surface area contributed by atoms with Crippen molar-refractivity contribution in [1.82, 2.24) is 14.5 Å². The zero-order chi connectivity index (χ0) is 26.7. The smallest absolute Gasteiger partial charge is 0.314 e. The second-order valence-corrected chi connectivity index (χ2v) is 10.8. The monoisotopic (exact) mass is 543 g/mol. The Hall–Kier alpha value is -3.88. The molecule has 3 aromatic rings. The number of nitro benzene ring substituents is 1. The summed E-state index contributed by atoms with van der Waals surface area (Å²) in [4.78, 5) is 25.7.